The number of likely N-dealkylation sites (tertiary alicyclic amines) is 1. The van der Waals surface area contributed by atoms with E-state index >= 15 is 0 Å². The molecule has 2 fully saturated rings. The van der Waals surface area contributed by atoms with E-state index < -0.39 is 0 Å². The van der Waals surface area contributed by atoms with Crippen LogP contribution in [0.2, 0.25) is 0 Å². The summed E-state index contributed by atoms with van der Waals surface area (Å²) in [6.07, 6.45) is 6.42. The quantitative estimate of drug-likeness (QED) is 0.883. The third-order valence-electron chi connectivity index (χ3n) is 4.93. The Morgan fingerprint density at radius 2 is 2.00 bits per heavy atom. The van der Waals surface area contributed by atoms with Crippen LogP contribution in [0.3, 0.4) is 0 Å². The summed E-state index contributed by atoms with van der Waals surface area (Å²) in [6, 6.07) is 4.04. The highest BCUT2D eigenvalue weighted by atomic mass is 35.5. The number of halogens is 2. The van der Waals surface area contributed by atoms with Crippen LogP contribution in [-0.4, -0.2) is 48.0 Å². The molecule has 2 atom stereocenters. The van der Waals surface area contributed by atoms with Crippen molar-refractivity contribution in [2.45, 2.75) is 38.6 Å². The molecule has 3 heterocycles. The number of carbonyl (C=O) groups excluding carboxylic acids is 1. The second-order valence-electron chi connectivity index (χ2n) is 6.57. The molecule has 0 aromatic carbocycles. The second kappa shape index (κ2) is 9.44. The van der Waals surface area contributed by atoms with Gasteiger partial charge in [-0.1, -0.05) is 0 Å². The first kappa shape index (κ1) is 21.0. The van der Waals surface area contributed by atoms with Crippen LogP contribution in [0.15, 0.2) is 18.3 Å². The number of aromatic nitrogens is 1. The molecule has 2 aliphatic heterocycles. The highest BCUT2D eigenvalue weighted by Gasteiger charge is 2.33. The smallest absolute Gasteiger partial charge is 0.257 e. The summed E-state index contributed by atoms with van der Waals surface area (Å²) in [6.45, 7) is 5.53. The van der Waals surface area contributed by atoms with E-state index in [0.717, 1.165) is 37.4 Å². The van der Waals surface area contributed by atoms with Gasteiger partial charge in [-0.3, -0.25) is 4.79 Å². The minimum absolute atomic E-state index is 0. The summed E-state index contributed by atoms with van der Waals surface area (Å²) in [5.41, 5.74) is 6.53. The molecule has 0 radical (unpaired) electrons. The van der Waals surface area contributed by atoms with Gasteiger partial charge in [-0.25, -0.2) is 4.98 Å². The van der Waals surface area contributed by atoms with Gasteiger partial charge >= 0.3 is 0 Å². The highest BCUT2D eigenvalue weighted by Crippen LogP contribution is 2.28. The average Bonchev–Trinajstić information content (AvgIpc) is 2.96. The molecule has 0 spiro atoms. The molecule has 2 N–H and O–H groups in total. The number of anilines is 1. The van der Waals surface area contributed by atoms with Crippen molar-refractivity contribution in [2.24, 2.45) is 11.7 Å². The Kier molecular flexibility index (Phi) is 8.27. The number of nitrogens with zero attached hydrogens (tertiary/aromatic N) is 3. The minimum atomic E-state index is 0. The van der Waals surface area contributed by atoms with Crippen LogP contribution in [0.5, 0.6) is 0 Å². The largest absolute Gasteiger partial charge is 0.356 e. The fourth-order valence-corrected chi connectivity index (χ4v) is 3.67. The van der Waals surface area contributed by atoms with Crippen LogP contribution >= 0.6 is 24.8 Å². The first-order valence-corrected chi connectivity index (χ1v) is 8.41. The van der Waals surface area contributed by atoms with E-state index in [4.69, 9.17) is 5.73 Å². The molecule has 24 heavy (non-hydrogen) atoms. The number of piperidine rings is 1. The van der Waals surface area contributed by atoms with Crippen molar-refractivity contribution in [3.63, 3.8) is 0 Å². The van der Waals surface area contributed by atoms with Crippen LogP contribution in [0, 0.1) is 5.92 Å². The Hall–Kier alpha value is -1.04. The Morgan fingerprint density at radius 3 is 2.62 bits per heavy atom. The van der Waals surface area contributed by atoms with Gasteiger partial charge < -0.3 is 15.5 Å². The summed E-state index contributed by atoms with van der Waals surface area (Å²) in [5.74, 6) is 1.39. The van der Waals surface area contributed by atoms with Crippen molar-refractivity contribution in [1.82, 2.24) is 9.88 Å². The fourth-order valence-electron chi connectivity index (χ4n) is 3.67. The van der Waals surface area contributed by atoms with Crippen LogP contribution in [0.1, 0.15) is 43.0 Å². The molecule has 3 rings (SSSR count). The maximum absolute atomic E-state index is 13.0. The molecule has 0 bridgehead atoms. The minimum Gasteiger partial charge on any atom is -0.356 e. The third kappa shape index (κ3) is 4.32. The first-order valence-electron chi connectivity index (χ1n) is 8.41. The zero-order valence-corrected chi connectivity index (χ0v) is 15.8. The van der Waals surface area contributed by atoms with E-state index in [-0.39, 0.29) is 36.8 Å². The van der Waals surface area contributed by atoms with Gasteiger partial charge in [0.1, 0.15) is 5.82 Å². The number of hydrogen-bond donors (Lipinski definition) is 1. The monoisotopic (exact) mass is 374 g/mol. The summed E-state index contributed by atoms with van der Waals surface area (Å²) in [7, 11) is 0. The summed E-state index contributed by atoms with van der Waals surface area (Å²) < 4.78 is 0. The Morgan fingerprint density at radius 1 is 1.29 bits per heavy atom. The topological polar surface area (TPSA) is 62.5 Å². The molecule has 2 aliphatic rings. The Balaban J connectivity index is 0.00000144. The van der Waals surface area contributed by atoms with Crippen molar-refractivity contribution in [3.8, 4) is 0 Å². The van der Waals surface area contributed by atoms with Gasteiger partial charge in [0.2, 0.25) is 0 Å². The van der Waals surface area contributed by atoms with Crippen molar-refractivity contribution in [3.05, 3.63) is 23.9 Å². The molecule has 2 unspecified atom stereocenters. The molecular weight excluding hydrogens is 347 g/mol. The number of rotatable bonds is 3. The molecule has 0 aliphatic carbocycles. The van der Waals surface area contributed by atoms with Gasteiger partial charge in [-0.2, -0.15) is 0 Å². The molecule has 1 aromatic rings. The first-order chi connectivity index (χ1) is 10.7. The predicted octanol–water partition coefficient (Wildman–Crippen LogP) is 2.72. The summed E-state index contributed by atoms with van der Waals surface area (Å²) in [4.78, 5) is 21.7. The lowest BCUT2D eigenvalue weighted by atomic mass is 10.1. The third-order valence-corrected chi connectivity index (χ3v) is 4.93. The summed E-state index contributed by atoms with van der Waals surface area (Å²) in [5, 5.41) is 0. The second-order valence-corrected chi connectivity index (χ2v) is 6.57. The fraction of sp³-hybridized carbons (Fsp3) is 0.647. The molecule has 2 saturated heterocycles. The number of hydrogen-bond acceptors (Lipinski definition) is 4. The lowest BCUT2D eigenvalue weighted by Gasteiger charge is -2.30. The van der Waals surface area contributed by atoms with Crippen LogP contribution < -0.4 is 10.6 Å². The van der Waals surface area contributed by atoms with Gasteiger partial charge in [0, 0.05) is 31.9 Å². The molecule has 7 heteroatoms. The number of carbonyl (C=O) groups is 1. The maximum Gasteiger partial charge on any atom is 0.257 e. The maximum atomic E-state index is 13.0. The van der Waals surface area contributed by atoms with Crippen LogP contribution in [-0.2, 0) is 0 Å². The normalized spacial score (nSPS) is 23.4. The van der Waals surface area contributed by atoms with Crippen LogP contribution in [0.25, 0.3) is 0 Å². The molecule has 136 valence electrons. The number of amides is 1. The van der Waals surface area contributed by atoms with Crippen LogP contribution in [0.4, 0.5) is 5.82 Å². The van der Waals surface area contributed by atoms with Crippen molar-refractivity contribution >= 4 is 36.5 Å². The lowest BCUT2D eigenvalue weighted by molar-refractivity contribution is 0.0743. The van der Waals surface area contributed by atoms with Crippen molar-refractivity contribution in [1.29, 1.82) is 0 Å². The standard InChI is InChI=1S/C17H26N4O.2ClH/c1-13-10-14(11-18)12-21(13)17(22)15-6-5-7-19-16(15)20-8-3-2-4-9-20;;/h5-7,13-14H,2-4,8-12,18H2,1H3;2*1H. The SMILES string of the molecule is CC1CC(CN)CN1C(=O)c1cccnc1N1CCCCC1.Cl.Cl. The van der Waals surface area contributed by atoms with E-state index in [0.29, 0.717) is 12.5 Å². The van der Waals surface area contributed by atoms with Gasteiger partial charge in [0.05, 0.1) is 5.56 Å². The average molecular weight is 375 g/mol. The Bertz CT molecular complexity index is 537. The predicted molar refractivity (Wildman–Crippen MR) is 102 cm³/mol. The Labute approximate surface area is 156 Å². The van der Waals surface area contributed by atoms with E-state index in [1.54, 1.807) is 6.20 Å². The van der Waals surface area contributed by atoms with Gasteiger partial charge in [-0.15, -0.1) is 24.8 Å². The summed E-state index contributed by atoms with van der Waals surface area (Å²) >= 11 is 0. The molecule has 0 saturated carbocycles. The lowest BCUT2D eigenvalue weighted by Crippen LogP contribution is -2.37. The van der Waals surface area contributed by atoms with E-state index in [1.165, 1.54) is 19.3 Å². The molecular formula is C17H28Cl2N4O. The van der Waals surface area contributed by atoms with E-state index in [2.05, 4.69) is 16.8 Å². The van der Waals surface area contributed by atoms with Gasteiger partial charge in [-0.05, 0) is 57.2 Å². The van der Waals surface area contributed by atoms with E-state index in [9.17, 15) is 4.79 Å². The molecule has 1 aromatic heterocycles. The highest BCUT2D eigenvalue weighted by molar-refractivity contribution is 5.99. The zero-order chi connectivity index (χ0) is 15.5. The number of pyridine rings is 1. The zero-order valence-electron chi connectivity index (χ0n) is 14.2. The van der Waals surface area contributed by atoms with Gasteiger partial charge in [0.15, 0.2) is 0 Å². The molecule has 1 amide bonds. The van der Waals surface area contributed by atoms with Gasteiger partial charge in [0.25, 0.3) is 5.91 Å². The van der Waals surface area contributed by atoms with E-state index in [1.807, 2.05) is 17.0 Å². The molecule has 5 nitrogen and oxygen atoms in total. The van der Waals surface area contributed by atoms with Crippen molar-refractivity contribution in [2.75, 3.05) is 31.1 Å². The number of nitrogens with two attached hydrogens (primary N) is 1. The van der Waals surface area contributed by atoms with Crippen molar-refractivity contribution < 1.29 is 4.79 Å².